The summed E-state index contributed by atoms with van der Waals surface area (Å²) in [6.45, 7) is 4.94. The number of hydrogen-bond donors (Lipinski definition) is 1. The summed E-state index contributed by atoms with van der Waals surface area (Å²) in [5, 5.41) is 2.97. The van der Waals surface area contributed by atoms with E-state index in [-0.39, 0.29) is 18.6 Å². The Morgan fingerprint density at radius 3 is 2.26 bits per heavy atom. The Kier molecular flexibility index (Phi) is 9.46. The molecule has 1 heterocycles. The van der Waals surface area contributed by atoms with Gasteiger partial charge in [0.1, 0.15) is 11.5 Å². The molecule has 4 aromatic rings. The highest BCUT2D eigenvalue weighted by molar-refractivity contribution is 5.89. The molecule has 8 nitrogen and oxygen atoms in total. The van der Waals surface area contributed by atoms with Crippen LogP contribution in [0, 0.1) is 0 Å². The minimum Gasteiger partial charge on any atom is -0.494 e. The first kappa shape index (κ1) is 29.5. The number of amides is 2. The molecule has 1 aliphatic rings. The van der Waals surface area contributed by atoms with Crippen LogP contribution in [0.15, 0.2) is 103 Å². The molecule has 43 heavy (non-hydrogen) atoms. The second-order valence-corrected chi connectivity index (χ2v) is 10.6. The number of ketones is 1. The number of rotatable bonds is 13. The Morgan fingerprint density at radius 2 is 1.53 bits per heavy atom. The number of urea groups is 1. The van der Waals surface area contributed by atoms with Gasteiger partial charge in [-0.2, -0.15) is 0 Å². The minimum absolute atomic E-state index is 0.0423. The van der Waals surface area contributed by atoms with Crippen molar-refractivity contribution in [1.29, 1.82) is 0 Å². The van der Waals surface area contributed by atoms with E-state index >= 15 is 0 Å². The SMILES string of the molecule is CC(=O)C(C)(Cc1ccc(OCCCN(Cc2ccccc2)C(=O)Nc2ccc3c(c2)OCO3)cc1)Oc1ccccc1. The van der Waals surface area contributed by atoms with Gasteiger partial charge in [-0.3, -0.25) is 4.79 Å². The van der Waals surface area contributed by atoms with E-state index in [0.717, 1.165) is 16.9 Å². The van der Waals surface area contributed by atoms with Gasteiger partial charge in [-0.25, -0.2) is 4.79 Å². The lowest BCUT2D eigenvalue weighted by Gasteiger charge is -2.28. The zero-order chi connectivity index (χ0) is 30.1. The van der Waals surface area contributed by atoms with Gasteiger partial charge in [-0.05, 0) is 67.8 Å². The van der Waals surface area contributed by atoms with E-state index in [1.54, 1.807) is 30.0 Å². The van der Waals surface area contributed by atoms with Crippen LogP contribution in [0.4, 0.5) is 10.5 Å². The third-order valence-corrected chi connectivity index (χ3v) is 7.26. The van der Waals surface area contributed by atoms with Crippen LogP contribution in [0.25, 0.3) is 0 Å². The fourth-order valence-electron chi connectivity index (χ4n) is 4.75. The maximum atomic E-state index is 13.3. The van der Waals surface area contributed by atoms with Crippen LogP contribution in [-0.2, 0) is 17.8 Å². The standard InChI is InChI=1S/C35H36N2O6/c1-26(38)35(2,43-31-12-7-4-8-13-31)23-27-14-17-30(18-15-27)40-21-9-20-37(24-28-10-5-3-6-11-28)34(39)36-29-16-19-32-33(22-29)42-25-41-32/h3-8,10-19,22H,9,20-21,23-25H2,1-2H3,(H,36,39). The lowest BCUT2D eigenvalue weighted by Crippen LogP contribution is -2.42. The maximum Gasteiger partial charge on any atom is 0.322 e. The highest BCUT2D eigenvalue weighted by Crippen LogP contribution is 2.34. The summed E-state index contributed by atoms with van der Waals surface area (Å²) in [6.07, 6.45) is 1.07. The van der Waals surface area contributed by atoms with Crippen molar-refractivity contribution in [3.63, 3.8) is 0 Å². The number of carbonyl (C=O) groups is 2. The molecule has 2 amide bonds. The molecular formula is C35H36N2O6. The van der Waals surface area contributed by atoms with Crippen LogP contribution in [0.2, 0.25) is 0 Å². The first-order valence-electron chi connectivity index (χ1n) is 14.3. The van der Waals surface area contributed by atoms with E-state index < -0.39 is 5.60 Å². The molecule has 0 aromatic heterocycles. The van der Waals surface area contributed by atoms with Gasteiger partial charge in [0.2, 0.25) is 6.79 Å². The summed E-state index contributed by atoms with van der Waals surface area (Å²) in [6, 6.07) is 32.1. The molecule has 0 saturated heterocycles. The summed E-state index contributed by atoms with van der Waals surface area (Å²) in [7, 11) is 0. The summed E-state index contributed by atoms with van der Waals surface area (Å²) in [5.74, 6) is 2.61. The van der Waals surface area contributed by atoms with Crippen LogP contribution in [0.5, 0.6) is 23.0 Å². The second-order valence-electron chi connectivity index (χ2n) is 10.6. The van der Waals surface area contributed by atoms with E-state index in [1.807, 2.05) is 91.9 Å². The minimum atomic E-state index is -0.979. The Balaban J connectivity index is 1.15. The van der Waals surface area contributed by atoms with Crippen molar-refractivity contribution >= 4 is 17.5 Å². The fourth-order valence-corrected chi connectivity index (χ4v) is 4.75. The lowest BCUT2D eigenvalue weighted by molar-refractivity contribution is -0.130. The highest BCUT2D eigenvalue weighted by atomic mass is 16.7. The van der Waals surface area contributed by atoms with Gasteiger partial charge in [0.15, 0.2) is 22.9 Å². The van der Waals surface area contributed by atoms with Crippen LogP contribution < -0.4 is 24.3 Å². The zero-order valence-electron chi connectivity index (χ0n) is 24.5. The van der Waals surface area contributed by atoms with Crippen molar-refractivity contribution in [2.45, 2.75) is 38.8 Å². The van der Waals surface area contributed by atoms with Crippen molar-refractivity contribution in [2.24, 2.45) is 0 Å². The van der Waals surface area contributed by atoms with Gasteiger partial charge in [0.25, 0.3) is 0 Å². The van der Waals surface area contributed by atoms with E-state index in [2.05, 4.69) is 5.32 Å². The van der Waals surface area contributed by atoms with Crippen LogP contribution in [0.1, 0.15) is 31.4 Å². The number of para-hydroxylation sites is 1. The molecular weight excluding hydrogens is 544 g/mol. The van der Waals surface area contributed by atoms with Crippen molar-refractivity contribution in [2.75, 3.05) is 25.3 Å². The largest absolute Gasteiger partial charge is 0.494 e. The van der Waals surface area contributed by atoms with Crippen LogP contribution in [0.3, 0.4) is 0 Å². The monoisotopic (exact) mass is 580 g/mol. The van der Waals surface area contributed by atoms with Gasteiger partial charge in [-0.15, -0.1) is 0 Å². The van der Waals surface area contributed by atoms with Gasteiger partial charge in [0.05, 0.1) is 6.61 Å². The number of nitrogens with one attached hydrogen (secondary N) is 1. The molecule has 1 atom stereocenters. The van der Waals surface area contributed by atoms with E-state index in [1.165, 1.54) is 0 Å². The number of benzene rings is 4. The number of ether oxygens (including phenoxy) is 4. The molecule has 5 rings (SSSR count). The van der Waals surface area contributed by atoms with Crippen molar-refractivity contribution in [1.82, 2.24) is 4.90 Å². The van der Waals surface area contributed by atoms with Crippen molar-refractivity contribution < 1.29 is 28.5 Å². The number of Topliss-reactive ketones (excluding diaryl/α,β-unsaturated/α-hetero) is 1. The zero-order valence-corrected chi connectivity index (χ0v) is 24.5. The molecule has 0 aliphatic carbocycles. The summed E-state index contributed by atoms with van der Waals surface area (Å²) >= 11 is 0. The molecule has 1 N–H and O–H groups in total. The predicted octanol–water partition coefficient (Wildman–Crippen LogP) is 6.89. The molecule has 0 spiro atoms. The van der Waals surface area contributed by atoms with Gasteiger partial charge >= 0.3 is 6.03 Å². The fraction of sp³-hybridized carbons (Fsp3) is 0.257. The normalized spacial score (nSPS) is 13.1. The summed E-state index contributed by atoms with van der Waals surface area (Å²) in [5.41, 5.74) is 1.66. The van der Waals surface area contributed by atoms with E-state index in [0.29, 0.717) is 55.5 Å². The third kappa shape index (κ3) is 8.07. The Morgan fingerprint density at radius 1 is 0.837 bits per heavy atom. The summed E-state index contributed by atoms with van der Waals surface area (Å²) in [4.78, 5) is 27.5. The molecule has 0 fully saturated rings. The lowest BCUT2D eigenvalue weighted by atomic mass is 9.92. The predicted molar refractivity (Wildman–Crippen MR) is 165 cm³/mol. The van der Waals surface area contributed by atoms with Crippen molar-refractivity contribution in [3.8, 4) is 23.0 Å². The Hall–Kier alpha value is -4.98. The Labute approximate surface area is 252 Å². The number of carbonyl (C=O) groups excluding carboxylic acids is 2. The number of fused-ring (bicyclic) bond motifs is 1. The average molecular weight is 581 g/mol. The van der Waals surface area contributed by atoms with E-state index in [4.69, 9.17) is 18.9 Å². The molecule has 4 aromatic carbocycles. The molecule has 1 aliphatic heterocycles. The van der Waals surface area contributed by atoms with Crippen LogP contribution >= 0.6 is 0 Å². The van der Waals surface area contributed by atoms with Gasteiger partial charge in [0, 0.05) is 31.3 Å². The summed E-state index contributed by atoms with van der Waals surface area (Å²) < 4.78 is 22.9. The first-order valence-corrected chi connectivity index (χ1v) is 14.3. The molecule has 8 heteroatoms. The smallest absolute Gasteiger partial charge is 0.322 e. The highest BCUT2D eigenvalue weighted by Gasteiger charge is 2.32. The quantitative estimate of drug-likeness (QED) is 0.173. The average Bonchev–Trinajstić information content (AvgIpc) is 3.48. The van der Waals surface area contributed by atoms with Crippen LogP contribution in [-0.4, -0.2) is 42.3 Å². The Bertz CT molecular complexity index is 1510. The topological polar surface area (TPSA) is 86.3 Å². The maximum absolute atomic E-state index is 13.3. The second kappa shape index (κ2) is 13.8. The third-order valence-electron chi connectivity index (χ3n) is 7.26. The van der Waals surface area contributed by atoms with Crippen molar-refractivity contribution in [3.05, 3.63) is 114 Å². The van der Waals surface area contributed by atoms with Gasteiger partial charge in [-0.1, -0.05) is 60.7 Å². The van der Waals surface area contributed by atoms with Gasteiger partial charge < -0.3 is 29.2 Å². The molecule has 1 unspecified atom stereocenters. The number of nitrogens with zero attached hydrogens (tertiary/aromatic N) is 1. The molecule has 0 radical (unpaired) electrons. The molecule has 222 valence electrons. The number of hydrogen-bond acceptors (Lipinski definition) is 6. The first-order chi connectivity index (χ1) is 20.9. The molecule has 0 bridgehead atoms. The molecule has 0 saturated carbocycles. The number of anilines is 1. The van der Waals surface area contributed by atoms with E-state index in [9.17, 15) is 9.59 Å².